The zero-order chi connectivity index (χ0) is 13.7. The molecule has 1 saturated heterocycles. The summed E-state index contributed by atoms with van der Waals surface area (Å²) in [4.78, 5) is 11.2. The summed E-state index contributed by atoms with van der Waals surface area (Å²) in [5.74, 6) is 2.60. The van der Waals surface area contributed by atoms with Crippen molar-refractivity contribution in [1.29, 1.82) is 0 Å². The van der Waals surface area contributed by atoms with Gasteiger partial charge in [-0.05, 0) is 34.0 Å². The van der Waals surface area contributed by atoms with Crippen LogP contribution < -0.4 is 16.0 Å². The number of hydrogen-bond acceptors (Lipinski definition) is 6. The summed E-state index contributed by atoms with van der Waals surface area (Å²) < 4.78 is 0. The molecule has 1 aromatic rings. The van der Waals surface area contributed by atoms with Crippen LogP contribution in [-0.4, -0.2) is 61.2 Å². The van der Waals surface area contributed by atoms with Gasteiger partial charge in [-0.15, -0.1) is 0 Å². The number of likely N-dealkylation sites (tertiary alicyclic amines) is 1. The Kier molecular flexibility index (Phi) is 4.93. The quantitative estimate of drug-likeness (QED) is 0.652. The Morgan fingerprint density at radius 1 is 1.32 bits per heavy atom. The number of anilines is 2. The Balaban J connectivity index is 1.95. The standard InChI is InChI=1S/C13H24N6/c1-10-16-12(15-6-5-14-2)8-13(17-10)18-11-4-7-19(3)9-11/h8,11,14H,4-7,9H2,1-3H3,(H2,15,16,17,18). The van der Waals surface area contributed by atoms with E-state index in [9.17, 15) is 0 Å². The van der Waals surface area contributed by atoms with Crippen LogP contribution >= 0.6 is 0 Å². The SMILES string of the molecule is CNCCNc1cc(NC2CCN(C)C2)nc(C)n1. The Labute approximate surface area is 115 Å². The molecular weight excluding hydrogens is 240 g/mol. The zero-order valence-electron chi connectivity index (χ0n) is 12.0. The molecule has 1 aliphatic heterocycles. The van der Waals surface area contributed by atoms with Gasteiger partial charge in [-0.25, -0.2) is 9.97 Å². The maximum Gasteiger partial charge on any atom is 0.132 e. The van der Waals surface area contributed by atoms with E-state index in [2.05, 4.69) is 37.9 Å². The summed E-state index contributed by atoms with van der Waals surface area (Å²) in [7, 11) is 4.09. The number of hydrogen-bond donors (Lipinski definition) is 3. The molecule has 1 unspecified atom stereocenters. The van der Waals surface area contributed by atoms with Gasteiger partial charge in [0.1, 0.15) is 17.5 Å². The van der Waals surface area contributed by atoms with Crippen LogP contribution in [-0.2, 0) is 0 Å². The molecule has 0 aliphatic carbocycles. The molecule has 0 spiro atoms. The molecule has 1 aliphatic rings. The Hall–Kier alpha value is -1.40. The zero-order valence-corrected chi connectivity index (χ0v) is 12.0. The second-order valence-corrected chi connectivity index (χ2v) is 5.11. The molecule has 19 heavy (non-hydrogen) atoms. The maximum atomic E-state index is 4.45. The molecule has 0 radical (unpaired) electrons. The van der Waals surface area contributed by atoms with Crippen LogP contribution in [0.15, 0.2) is 6.07 Å². The van der Waals surface area contributed by atoms with Crippen molar-refractivity contribution < 1.29 is 0 Å². The van der Waals surface area contributed by atoms with E-state index in [1.807, 2.05) is 20.0 Å². The first-order valence-electron chi connectivity index (χ1n) is 6.86. The summed E-state index contributed by atoms with van der Waals surface area (Å²) in [5, 5.41) is 9.89. The average molecular weight is 264 g/mol. The predicted octanol–water partition coefficient (Wildman–Crippen LogP) is 0.532. The summed E-state index contributed by atoms with van der Waals surface area (Å²) in [5.41, 5.74) is 0. The van der Waals surface area contributed by atoms with Gasteiger partial charge in [-0.1, -0.05) is 0 Å². The normalized spacial score (nSPS) is 19.6. The van der Waals surface area contributed by atoms with Crippen molar-refractivity contribution in [3.05, 3.63) is 11.9 Å². The first kappa shape index (κ1) is 14.0. The highest BCUT2D eigenvalue weighted by Crippen LogP contribution is 2.15. The first-order chi connectivity index (χ1) is 9.17. The lowest BCUT2D eigenvalue weighted by Crippen LogP contribution is -2.24. The average Bonchev–Trinajstić information content (AvgIpc) is 2.74. The number of rotatable bonds is 6. The largest absolute Gasteiger partial charge is 0.369 e. The molecule has 2 rings (SSSR count). The molecule has 106 valence electrons. The van der Waals surface area contributed by atoms with Crippen molar-refractivity contribution in [3.8, 4) is 0 Å². The second kappa shape index (κ2) is 6.68. The minimum atomic E-state index is 0.490. The summed E-state index contributed by atoms with van der Waals surface area (Å²) in [6.45, 7) is 5.92. The fourth-order valence-electron chi connectivity index (χ4n) is 2.31. The highest BCUT2D eigenvalue weighted by Gasteiger charge is 2.19. The highest BCUT2D eigenvalue weighted by molar-refractivity contribution is 5.48. The Bertz CT molecular complexity index is 408. The van der Waals surface area contributed by atoms with Gasteiger partial charge in [0, 0.05) is 31.7 Å². The smallest absolute Gasteiger partial charge is 0.132 e. The molecule has 6 heteroatoms. The van der Waals surface area contributed by atoms with Crippen LogP contribution in [0.2, 0.25) is 0 Å². The van der Waals surface area contributed by atoms with Crippen LogP contribution in [0, 0.1) is 6.92 Å². The number of nitrogens with one attached hydrogen (secondary N) is 3. The molecular formula is C13H24N6. The molecule has 3 N–H and O–H groups in total. The van der Waals surface area contributed by atoms with Gasteiger partial charge in [-0.3, -0.25) is 0 Å². The van der Waals surface area contributed by atoms with Crippen molar-refractivity contribution in [2.75, 3.05) is 50.9 Å². The lowest BCUT2D eigenvalue weighted by molar-refractivity contribution is 0.414. The molecule has 6 nitrogen and oxygen atoms in total. The summed E-state index contributed by atoms with van der Waals surface area (Å²) in [6.07, 6.45) is 1.17. The number of aromatic nitrogens is 2. The van der Waals surface area contributed by atoms with Crippen molar-refractivity contribution in [1.82, 2.24) is 20.2 Å². The van der Waals surface area contributed by atoms with Gasteiger partial charge in [0.2, 0.25) is 0 Å². The second-order valence-electron chi connectivity index (χ2n) is 5.11. The Morgan fingerprint density at radius 3 is 2.79 bits per heavy atom. The van der Waals surface area contributed by atoms with Gasteiger partial charge < -0.3 is 20.9 Å². The lowest BCUT2D eigenvalue weighted by atomic mass is 10.2. The van der Waals surface area contributed by atoms with Crippen LogP contribution in [0.3, 0.4) is 0 Å². The maximum absolute atomic E-state index is 4.45. The fourth-order valence-corrected chi connectivity index (χ4v) is 2.31. The van der Waals surface area contributed by atoms with Gasteiger partial charge in [0.25, 0.3) is 0 Å². The predicted molar refractivity (Wildman–Crippen MR) is 78.7 cm³/mol. The molecule has 0 amide bonds. The minimum Gasteiger partial charge on any atom is -0.369 e. The van der Waals surface area contributed by atoms with Gasteiger partial charge >= 0.3 is 0 Å². The third kappa shape index (κ3) is 4.33. The molecule has 0 bridgehead atoms. The van der Waals surface area contributed by atoms with Gasteiger partial charge in [-0.2, -0.15) is 0 Å². The number of nitrogens with zero attached hydrogens (tertiary/aromatic N) is 3. The third-order valence-electron chi connectivity index (χ3n) is 3.26. The minimum absolute atomic E-state index is 0.490. The molecule has 1 atom stereocenters. The lowest BCUT2D eigenvalue weighted by Gasteiger charge is -2.15. The van der Waals surface area contributed by atoms with E-state index in [1.54, 1.807) is 0 Å². The number of aryl methyl sites for hydroxylation is 1. The molecule has 1 aromatic heterocycles. The van der Waals surface area contributed by atoms with Crippen molar-refractivity contribution >= 4 is 11.6 Å². The summed E-state index contributed by atoms with van der Waals surface area (Å²) >= 11 is 0. The van der Waals surface area contributed by atoms with Crippen LogP contribution in [0.1, 0.15) is 12.2 Å². The van der Waals surface area contributed by atoms with Crippen molar-refractivity contribution in [2.45, 2.75) is 19.4 Å². The van der Waals surface area contributed by atoms with Crippen LogP contribution in [0.25, 0.3) is 0 Å². The summed E-state index contributed by atoms with van der Waals surface area (Å²) in [6, 6.07) is 2.48. The van der Waals surface area contributed by atoms with E-state index in [1.165, 1.54) is 6.42 Å². The van der Waals surface area contributed by atoms with Crippen molar-refractivity contribution in [2.24, 2.45) is 0 Å². The van der Waals surface area contributed by atoms with E-state index in [-0.39, 0.29) is 0 Å². The van der Waals surface area contributed by atoms with E-state index in [0.29, 0.717) is 6.04 Å². The molecule has 1 fully saturated rings. The van der Waals surface area contributed by atoms with E-state index >= 15 is 0 Å². The monoisotopic (exact) mass is 264 g/mol. The highest BCUT2D eigenvalue weighted by atomic mass is 15.2. The molecule has 2 heterocycles. The van der Waals surface area contributed by atoms with E-state index in [0.717, 1.165) is 43.6 Å². The molecule has 0 aromatic carbocycles. The van der Waals surface area contributed by atoms with E-state index in [4.69, 9.17) is 0 Å². The van der Waals surface area contributed by atoms with Gasteiger partial charge in [0.15, 0.2) is 0 Å². The van der Waals surface area contributed by atoms with Crippen LogP contribution in [0.4, 0.5) is 11.6 Å². The van der Waals surface area contributed by atoms with Gasteiger partial charge in [0.05, 0.1) is 0 Å². The third-order valence-corrected chi connectivity index (χ3v) is 3.26. The Morgan fingerprint density at radius 2 is 2.11 bits per heavy atom. The topological polar surface area (TPSA) is 65.1 Å². The van der Waals surface area contributed by atoms with Crippen LogP contribution in [0.5, 0.6) is 0 Å². The number of likely N-dealkylation sites (N-methyl/N-ethyl adjacent to an activating group) is 2. The fraction of sp³-hybridized carbons (Fsp3) is 0.692. The first-order valence-corrected chi connectivity index (χ1v) is 6.86. The van der Waals surface area contributed by atoms with E-state index < -0.39 is 0 Å². The molecule has 0 saturated carbocycles. The van der Waals surface area contributed by atoms with Crippen molar-refractivity contribution in [3.63, 3.8) is 0 Å².